The number of hydrogen-bond acceptors (Lipinski definition) is 7. The van der Waals surface area contributed by atoms with Gasteiger partial charge in [0, 0.05) is 51.2 Å². The molecule has 9 heteroatoms. The van der Waals surface area contributed by atoms with Crippen LogP contribution < -0.4 is 5.32 Å². The molecule has 3 rings (SSSR count). The molecule has 1 fully saturated rings. The van der Waals surface area contributed by atoms with E-state index in [1.165, 1.54) is 0 Å². The third-order valence-electron chi connectivity index (χ3n) is 4.51. The average Bonchev–Trinajstić information content (AvgIpc) is 3.20. The topological polar surface area (TPSA) is 96.6 Å². The number of carbonyl (C=O) groups is 1. The largest absolute Gasteiger partial charge is 0.379 e. The van der Waals surface area contributed by atoms with Gasteiger partial charge >= 0.3 is 6.03 Å². The summed E-state index contributed by atoms with van der Waals surface area (Å²) in [7, 11) is 1.79. The summed E-state index contributed by atoms with van der Waals surface area (Å²) in [5.74, 6) is 0.851. The third-order valence-corrected chi connectivity index (χ3v) is 4.51. The van der Waals surface area contributed by atoms with E-state index < -0.39 is 0 Å². The average molecular weight is 374 g/mol. The second-order valence-corrected chi connectivity index (χ2v) is 6.59. The van der Waals surface area contributed by atoms with Crippen LogP contribution in [0.3, 0.4) is 0 Å². The lowest BCUT2D eigenvalue weighted by Crippen LogP contribution is -2.41. The minimum absolute atomic E-state index is 0.159. The summed E-state index contributed by atoms with van der Waals surface area (Å²) in [5.41, 5.74) is 0.818. The predicted octanol–water partition coefficient (Wildman–Crippen LogP) is 1.56. The smallest absolute Gasteiger partial charge is 0.317 e. The predicted molar refractivity (Wildman–Crippen MR) is 99.0 cm³/mol. The normalized spacial score (nSPS) is 16.1. The summed E-state index contributed by atoms with van der Waals surface area (Å²) in [4.78, 5) is 24.7. The van der Waals surface area contributed by atoms with Gasteiger partial charge in [-0.2, -0.15) is 4.98 Å². The van der Waals surface area contributed by atoms with E-state index in [0.717, 1.165) is 44.8 Å². The van der Waals surface area contributed by atoms with Gasteiger partial charge in [-0.3, -0.25) is 9.88 Å². The summed E-state index contributed by atoms with van der Waals surface area (Å²) in [6, 6.07) is 3.08. The van der Waals surface area contributed by atoms with Gasteiger partial charge in [-0.05, 0) is 25.5 Å². The van der Waals surface area contributed by atoms with Crippen LogP contribution in [0.25, 0.3) is 11.4 Å². The summed E-state index contributed by atoms with van der Waals surface area (Å²) >= 11 is 0. The Labute approximate surface area is 158 Å². The van der Waals surface area contributed by atoms with Crippen LogP contribution in [0.5, 0.6) is 0 Å². The molecule has 2 aromatic rings. The molecule has 3 heterocycles. The Morgan fingerprint density at radius 1 is 1.33 bits per heavy atom. The van der Waals surface area contributed by atoms with Gasteiger partial charge in [0.2, 0.25) is 11.7 Å². The lowest BCUT2D eigenvalue weighted by molar-refractivity contribution is 0.0367. The van der Waals surface area contributed by atoms with Crippen molar-refractivity contribution in [2.45, 2.75) is 19.4 Å². The first-order chi connectivity index (χ1) is 13.1. The van der Waals surface area contributed by atoms with Crippen LogP contribution in [-0.4, -0.2) is 77.4 Å². The molecule has 146 valence electrons. The van der Waals surface area contributed by atoms with Crippen molar-refractivity contribution in [2.75, 3.05) is 46.4 Å². The fraction of sp³-hybridized carbons (Fsp3) is 0.556. The van der Waals surface area contributed by atoms with E-state index in [-0.39, 0.29) is 12.1 Å². The minimum Gasteiger partial charge on any atom is -0.379 e. The quantitative estimate of drug-likeness (QED) is 0.785. The van der Waals surface area contributed by atoms with Gasteiger partial charge in [-0.1, -0.05) is 5.16 Å². The van der Waals surface area contributed by atoms with Crippen LogP contribution in [0.15, 0.2) is 29.0 Å². The van der Waals surface area contributed by atoms with Crippen molar-refractivity contribution >= 4 is 6.03 Å². The first kappa shape index (κ1) is 19.2. The molecule has 0 unspecified atom stereocenters. The molecule has 27 heavy (non-hydrogen) atoms. The number of nitrogens with zero attached hydrogens (tertiary/aromatic N) is 5. The van der Waals surface area contributed by atoms with Gasteiger partial charge in [0.05, 0.1) is 13.2 Å². The van der Waals surface area contributed by atoms with E-state index in [0.29, 0.717) is 18.3 Å². The Morgan fingerprint density at radius 2 is 2.07 bits per heavy atom. The number of nitrogens with one attached hydrogen (secondary N) is 1. The Balaban J connectivity index is 1.44. The maximum Gasteiger partial charge on any atom is 0.317 e. The highest BCUT2D eigenvalue weighted by Crippen LogP contribution is 2.17. The van der Waals surface area contributed by atoms with E-state index in [1.807, 2.05) is 6.92 Å². The standard InChI is InChI=1S/C18H26N6O3/c1-14(17-21-16(22-27-17)15-4-6-19-7-5-15)20-18(25)23(2)8-3-9-24-10-12-26-13-11-24/h4-7,14H,3,8-13H2,1-2H3,(H,20,25)/t14-/m0/s1. The Kier molecular flexibility index (Phi) is 6.72. The molecule has 1 atom stereocenters. The number of urea groups is 1. The van der Waals surface area contributed by atoms with Crippen molar-refractivity contribution in [2.24, 2.45) is 0 Å². The summed E-state index contributed by atoms with van der Waals surface area (Å²) in [6.45, 7) is 6.98. The second kappa shape index (κ2) is 9.43. The first-order valence-electron chi connectivity index (χ1n) is 9.19. The zero-order valence-electron chi connectivity index (χ0n) is 15.8. The van der Waals surface area contributed by atoms with Gasteiger partial charge in [0.1, 0.15) is 6.04 Å². The maximum atomic E-state index is 12.4. The number of morpholine rings is 1. The van der Waals surface area contributed by atoms with Crippen LogP contribution in [0.4, 0.5) is 4.79 Å². The molecule has 0 aromatic carbocycles. The van der Waals surface area contributed by atoms with Crippen LogP contribution in [-0.2, 0) is 4.74 Å². The molecule has 2 aromatic heterocycles. The van der Waals surface area contributed by atoms with Crippen molar-refractivity contribution in [3.8, 4) is 11.4 Å². The van der Waals surface area contributed by atoms with Crippen LogP contribution in [0, 0.1) is 0 Å². The van der Waals surface area contributed by atoms with Gasteiger partial charge < -0.3 is 19.5 Å². The Morgan fingerprint density at radius 3 is 2.81 bits per heavy atom. The highest BCUT2D eigenvalue weighted by Gasteiger charge is 2.19. The number of rotatable bonds is 7. The molecule has 0 spiro atoms. The van der Waals surface area contributed by atoms with Crippen LogP contribution in [0.1, 0.15) is 25.3 Å². The molecule has 0 saturated carbocycles. The lowest BCUT2D eigenvalue weighted by Gasteiger charge is -2.27. The van der Waals surface area contributed by atoms with Crippen LogP contribution >= 0.6 is 0 Å². The number of aromatic nitrogens is 3. The van der Waals surface area contributed by atoms with Gasteiger partial charge in [-0.15, -0.1) is 0 Å². The first-order valence-corrected chi connectivity index (χ1v) is 9.19. The molecule has 0 bridgehead atoms. The second-order valence-electron chi connectivity index (χ2n) is 6.59. The van der Waals surface area contributed by atoms with Gasteiger partial charge in [-0.25, -0.2) is 4.79 Å². The molecule has 9 nitrogen and oxygen atoms in total. The zero-order chi connectivity index (χ0) is 19.1. The number of pyridine rings is 1. The lowest BCUT2D eigenvalue weighted by atomic mass is 10.2. The van der Waals surface area contributed by atoms with E-state index in [9.17, 15) is 4.79 Å². The Bertz CT molecular complexity index is 717. The van der Waals surface area contributed by atoms with Crippen molar-refractivity contribution in [3.05, 3.63) is 30.4 Å². The number of carbonyl (C=O) groups excluding carboxylic acids is 1. The number of hydrogen-bond donors (Lipinski definition) is 1. The molecule has 1 aliphatic rings. The summed E-state index contributed by atoms with van der Waals surface area (Å²) in [5, 5.41) is 6.86. The molecular weight excluding hydrogens is 348 g/mol. The molecule has 1 saturated heterocycles. The third kappa shape index (κ3) is 5.48. The van der Waals surface area contributed by atoms with Crippen molar-refractivity contribution in [1.82, 2.24) is 30.2 Å². The van der Waals surface area contributed by atoms with E-state index in [4.69, 9.17) is 9.26 Å². The van der Waals surface area contributed by atoms with Gasteiger partial charge in [0.15, 0.2) is 0 Å². The molecule has 1 aliphatic heterocycles. The molecular formula is C18H26N6O3. The SMILES string of the molecule is C[C@H](NC(=O)N(C)CCCN1CCOCC1)c1nc(-c2ccncc2)no1. The van der Waals surface area contributed by atoms with Crippen molar-refractivity contribution in [3.63, 3.8) is 0 Å². The fourth-order valence-corrected chi connectivity index (χ4v) is 2.84. The number of amides is 2. The maximum absolute atomic E-state index is 12.4. The Hall–Kier alpha value is -2.52. The van der Waals surface area contributed by atoms with Gasteiger partial charge in [0.25, 0.3) is 0 Å². The zero-order valence-corrected chi connectivity index (χ0v) is 15.8. The fourth-order valence-electron chi connectivity index (χ4n) is 2.84. The molecule has 0 aliphatic carbocycles. The molecule has 2 amide bonds. The summed E-state index contributed by atoms with van der Waals surface area (Å²) < 4.78 is 10.6. The highest BCUT2D eigenvalue weighted by atomic mass is 16.5. The molecule has 0 radical (unpaired) electrons. The highest BCUT2D eigenvalue weighted by molar-refractivity contribution is 5.74. The van der Waals surface area contributed by atoms with E-state index in [2.05, 4.69) is 25.3 Å². The van der Waals surface area contributed by atoms with Crippen LogP contribution in [0.2, 0.25) is 0 Å². The van der Waals surface area contributed by atoms with E-state index >= 15 is 0 Å². The minimum atomic E-state index is -0.373. The molecule has 1 N–H and O–H groups in total. The monoisotopic (exact) mass is 374 g/mol. The summed E-state index contributed by atoms with van der Waals surface area (Å²) in [6.07, 6.45) is 4.26. The number of ether oxygens (including phenoxy) is 1. The van der Waals surface area contributed by atoms with Crippen molar-refractivity contribution in [1.29, 1.82) is 0 Å². The van der Waals surface area contributed by atoms with E-state index in [1.54, 1.807) is 36.5 Å². The van der Waals surface area contributed by atoms with Crippen molar-refractivity contribution < 1.29 is 14.1 Å².